The molecule has 6 nitrogen and oxygen atoms in total. The van der Waals surface area contributed by atoms with Crippen LogP contribution in [0.2, 0.25) is 0 Å². The van der Waals surface area contributed by atoms with Crippen LogP contribution in [0, 0.1) is 6.92 Å². The molecule has 0 saturated heterocycles. The molecule has 0 bridgehead atoms. The normalized spacial score (nSPS) is 10.5. The first-order valence-corrected chi connectivity index (χ1v) is 9.17. The Bertz CT molecular complexity index is 1120. The maximum Gasteiger partial charge on any atom is 0.262 e. The maximum atomic E-state index is 12.3. The Kier molecular flexibility index (Phi) is 5.33. The van der Waals surface area contributed by atoms with Crippen molar-refractivity contribution in [2.24, 2.45) is 0 Å². The van der Waals surface area contributed by atoms with E-state index < -0.39 is 0 Å². The fourth-order valence-corrected chi connectivity index (χ4v) is 2.85. The van der Waals surface area contributed by atoms with Crippen LogP contribution in [0.4, 0.5) is 5.69 Å². The highest BCUT2D eigenvalue weighted by molar-refractivity contribution is 5.92. The molecule has 1 amide bonds. The van der Waals surface area contributed by atoms with Gasteiger partial charge in [0.25, 0.3) is 11.8 Å². The predicted molar refractivity (Wildman–Crippen MR) is 110 cm³/mol. The summed E-state index contributed by atoms with van der Waals surface area (Å²) in [5.41, 5.74) is 3.24. The second kappa shape index (κ2) is 8.39. The number of aryl methyl sites for hydroxylation is 1. The number of benzene rings is 3. The minimum atomic E-state index is -0.246. The molecule has 1 heterocycles. The molecule has 144 valence electrons. The first-order chi connectivity index (χ1) is 14.2. The van der Waals surface area contributed by atoms with Gasteiger partial charge in [0, 0.05) is 11.3 Å². The van der Waals surface area contributed by atoms with Crippen molar-refractivity contribution in [3.63, 3.8) is 0 Å². The van der Waals surface area contributed by atoms with Crippen LogP contribution in [0.3, 0.4) is 0 Å². The van der Waals surface area contributed by atoms with E-state index in [9.17, 15) is 4.79 Å². The van der Waals surface area contributed by atoms with Crippen molar-refractivity contribution in [3.8, 4) is 28.6 Å². The fourth-order valence-electron chi connectivity index (χ4n) is 2.85. The lowest BCUT2D eigenvalue weighted by molar-refractivity contribution is -0.118. The molecule has 0 radical (unpaired) electrons. The highest BCUT2D eigenvalue weighted by Crippen LogP contribution is 2.30. The van der Waals surface area contributed by atoms with Gasteiger partial charge in [0.05, 0.1) is 5.56 Å². The molecule has 1 aromatic heterocycles. The smallest absolute Gasteiger partial charge is 0.262 e. The molecule has 29 heavy (non-hydrogen) atoms. The number of carbonyl (C=O) groups is 1. The van der Waals surface area contributed by atoms with Crippen molar-refractivity contribution in [2.75, 3.05) is 11.9 Å². The highest BCUT2D eigenvalue weighted by Gasteiger charge is 2.15. The molecule has 3 aromatic carbocycles. The molecule has 0 saturated carbocycles. The maximum absolute atomic E-state index is 12.3. The van der Waals surface area contributed by atoms with Crippen LogP contribution in [-0.2, 0) is 4.79 Å². The fraction of sp³-hybridized carbons (Fsp3) is 0.0870. The topological polar surface area (TPSA) is 77.2 Å². The Morgan fingerprint density at radius 3 is 2.52 bits per heavy atom. The van der Waals surface area contributed by atoms with E-state index in [1.54, 1.807) is 6.07 Å². The first-order valence-electron chi connectivity index (χ1n) is 9.17. The zero-order chi connectivity index (χ0) is 20.1. The number of nitrogens with one attached hydrogen (secondary N) is 1. The number of hydrogen-bond donors (Lipinski definition) is 1. The summed E-state index contributed by atoms with van der Waals surface area (Å²) in [6, 6.07) is 24.4. The van der Waals surface area contributed by atoms with Crippen LogP contribution < -0.4 is 10.1 Å². The summed E-state index contributed by atoms with van der Waals surface area (Å²) in [5.74, 6) is 1.08. The molecular weight excluding hydrogens is 366 g/mol. The number of amides is 1. The lowest BCUT2D eigenvalue weighted by atomic mass is 10.2. The second-order valence-corrected chi connectivity index (χ2v) is 6.44. The van der Waals surface area contributed by atoms with E-state index >= 15 is 0 Å². The lowest BCUT2D eigenvalue weighted by Crippen LogP contribution is -2.20. The third-order valence-corrected chi connectivity index (χ3v) is 4.35. The number of hydrogen-bond acceptors (Lipinski definition) is 5. The standard InChI is InChI=1S/C23H19N3O3/c1-16-9-5-7-13-19(16)24-21(27)15-28-20-14-8-6-12-18(20)23-25-22(26-29-23)17-10-3-2-4-11-17/h2-14H,15H2,1H3,(H,24,27). The molecule has 0 aliphatic heterocycles. The van der Waals surface area contributed by atoms with Crippen molar-refractivity contribution >= 4 is 11.6 Å². The molecule has 4 rings (SSSR count). The van der Waals surface area contributed by atoms with Crippen molar-refractivity contribution in [1.29, 1.82) is 0 Å². The summed E-state index contributed by atoms with van der Waals surface area (Å²) in [5, 5.41) is 6.89. The zero-order valence-electron chi connectivity index (χ0n) is 15.8. The van der Waals surface area contributed by atoms with Gasteiger partial charge in [-0.05, 0) is 30.7 Å². The van der Waals surface area contributed by atoms with Gasteiger partial charge in [0.1, 0.15) is 5.75 Å². The molecule has 4 aromatic rings. The number of ether oxygens (including phenoxy) is 1. The molecule has 0 aliphatic carbocycles. The Labute approximate surface area is 168 Å². The third-order valence-electron chi connectivity index (χ3n) is 4.35. The van der Waals surface area contributed by atoms with Gasteiger partial charge in [-0.25, -0.2) is 0 Å². The quantitative estimate of drug-likeness (QED) is 0.519. The van der Waals surface area contributed by atoms with Crippen LogP contribution in [0.25, 0.3) is 22.8 Å². The molecule has 0 unspecified atom stereocenters. The van der Waals surface area contributed by atoms with Gasteiger partial charge in [-0.2, -0.15) is 4.98 Å². The Morgan fingerprint density at radius 2 is 1.69 bits per heavy atom. The third kappa shape index (κ3) is 4.32. The highest BCUT2D eigenvalue weighted by atomic mass is 16.5. The SMILES string of the molecule is Cc1ccccc1NC(=O)COc1ccccc1-c1nc(-c2ccccc2)no1. The van der Waals surface area contributed by atoms with E-state index in [0.717, 1.165) is 16.8 Å². The van der Waals surface area contributed by atoms with Crippen LogP contribution in [0.15, 0.2) is 83.4 Å². The number of carbonyl (C=O) groups excluding carboxylic acids is 1. The summed E-state index contributed by atoms with van der Waals surface area (Å²) in [6.45, 7) is 1.80. The second-order valence-electron chi connectivity index (χ2n) is 6.44. The summed E-state index contributed by atoms with van der Waals surface area (Å²) < 4.78 is 11.2. The van der Waals surface area contributed by atoms with Crippen molar-refractivity contribution in [1.82, 2.24) is 10.1 Å². The Balaban J connectivity index is 1.48. The number of rotatable bonds is 6. The van der Waals surface area contributed by atoms with Crippen molar-refractivity contribution < 1.29 is 14.1 Å². The molecule has 1 N–H and O–H groups in total. The number of para-hydroxylation sites is 2. The largest absolute Gasteiger partial charge is 0.483 e. The van der Waals surface area contributed by atoms with E-state index in [2.05, 4.69) is 15.5 Å². The van der Waals surface area contributed by atoms with Crippen molar-refractivity contribution in [3.05, 3.63) is 84.4 Å². The average Bonchev–Trinajstić information content (AvgIpc) is 3.25. The van der Waals surface area contributed by atoms with E-state index in [0.29, 0.717) is 23.0 Å². The molecular formula is C23H19N3O3. The minimum absolute atomic E-state index is 0.134. The molecule has 0 spiro atoms. The van der Waals surface area contributed by atoms with E-state index in [-0.39, 0.29) is 12.5 Å². The summed E-state index contributed by atoms with van der Waals surface area (Å²) in [4.78, 5) is 16.7. The van der Waals surface area contributed by atoms with Crippen LogP contribution in [0.5, 0.6) is 5.75 Å². The van der Waals surface area contributed by atoms with Gasteiger partial charge in [-0.1, -0.05) is 65.8 Å². The monoisotopic (exact) mass is 385 g/mol. The van der Waals surface area contributed by atoms with Crippen LogP contribution >= 0.6 is 0 Å². The zero-order valence-corrected chi connectivity index (χ0v) is 15.8. The van der Waals surface area contributed by atoms with Gasteiger partial charge in [-0.15, -0.1) is 0 Å². The van der Waals surface area contributed by atoms with Crippen LogP contribution in [-0.4, -0.2) is 22.7 Å². The van der Waals surface area contributed by atoms with Gasteiger partial charge in [0.2, 0.25) is 5.82 Å². The Hall–Kier alpha value is -3.93. The van der Waals surface area contributed by atoms with Gasteiger partial charge >= 0.3 is 0 Å². The number of aromatic nitrogens is 2. The van der Waals surface area contributed by atoms with E-state index in [4.69, 9.17) is 9.26 Å². The Morgan fingerprint density at radius 1 is 0.966 bits per heavy atom. The lowest BCUT2D eigenvalue weighted by Gasteiger charge is -2.11. The van der Waals surface area contributed by atoms with Gasteiger partial charge < -0.3 is 14.6 Å². The average molecular weight is 385 g/mol. The number of anilines is 1. The molecule has 0 aliphatic rings. The summed E-state index contributed by atoms with van der Waals surface area (Å²) in [7, 11) is 0. The van der Waals surface area contributed by atoms with E-state index in [1.165, 1.54) is 0 Å². The first kappa shape index (κ1) is 18.4. The van der Waals surface area contributed by atoms with Gasteiger partial charge in [0.15, 0.2) is 6.61 Å². The van der Waals surface area contributed by atoms with E-state index in [1.807, 2.05) is 79.7 Å². The number of nitrogens with zero attached hydrogens (tertiary/aromatic N) is 2. The van der Waals surface area contributed by atoms with Crippen molar-refractivity contribution in [2.45, 2.75) is 6.92 Å². The minimum Gasteiger partial charge on any atom is -0.483 e. The van der Waals surface area contributed by atoms with Crippen LogP contribution in [0.1, 0.15) is 5.56 Å². The summed E-state index contributed by atoms with van der Waals surface area (Å²) in [6.07, 6.45) is 0. The molecule has 0 atom stereocenters. The molecule has 6 heteroatoms. The summed E-state index contributed by atoms with van der Waals surface area (Å²) >= 11 is 0. The predicted octanol–water partition coefficient (Wildman–Crippen LogP) is 4.73. The van der Waals surface area contributed by atoms with Gasteiger partial charge in [-0.3, -0.25) is 4.79 Å². The molecule has 0 fully saturated rings.